The summed E-state index contributed by atoms with van der Waals surface area (Å²) in [5.41, 5.74) is 1.32. The number of carbonyl (C=O) groups excluding carboxylic acids is 3. The average molecular weight is 539 g/mol. The molecule has 1 heterocycles. The van der Waals surface area contributed by atoms with E-state index in [1.54, 1.807) is 18.2 Å². The number of esters is 1. The second-order valence-electron chi connectivity index (χ2n) is 7.16. The number of ether oxygens (including phenoxy) is 1. The Labute approximate surface area is 206 Å². The maximum absolute atomic E-state index is 12.7. The zero-order chi connectivity index (χ0) is 24.2. The minimum atomic E-state index is -0.731. The highest BCUT2D eigenvalue weighted by Crippen LogP contribution is 2.33. The van der Waals surface area contributed by atoms with Gasteiger partial charge in [-0.3, -0.25) is 24.6 Å². The lowest BCUT2D eigenvalue weighted by atomic mass is 10.2. The van der Waals surface area contributed by atoms with E-state index in [9.17, 15) is 24.5 Å². The molecular formula is C24H15BrN2O6S. The van der Waals surface area contributed by atoms with Gasteiger partial charge in [-0.05, 0) is 59.3 Å². The topological polar surface area (TPSA) is 107 Å². The maximum Gasteiger partial charge on any atom is 0.343 e. The summed E-state index contributed by atoms with van der Waals surface area (Å²) in [6.45, 7) is 0.182. The molecule has 34 heavy (non-hydrogen) atoms. The number of hydrogen-bond acceptors (Lipinski definition) is 7. The van der Waals surface area contributed by atoms with Crippen molar-refractivity contribution in [2.45, 2.75) is 6.54 Å². The van der Waals surface area contributed by atoms with Crippen molar-refractivity contribution in [2.24, 2.45) is 0 Å². The van der Waals surface area contributed by atoms with E-state index in [0.717, 1.165) is 27.9 Å². The fourth-order valence-electron chi connectivity index (χ4n) is 3.10. The number of carbonyl (C=O) groups is 3. The summed E-state index contributed by atoms with van der Waals surface area (Å²) in [6.07, 6.45) is 1.60. The van der Waals surface area contributed by atoms with Gasteiger partial charge in [0.15, 0.2) is 0 Å². The van der Waals surface area contributed by atoms with Gasteiger partial charge in [-0.1, -0.05) is 46.3 Å². The van der Waals surface area contributed by atoms with Crippen LogP contribution in [0.25, 0.3) is 6.08 Å². The first-order valence-corrected chi connectivity index (χ1v) is 11.5. The van der Waals surface area contributed by atoms with Crippen molar-refractivity contribution in [3.63, 3.8) is 0 Å². The van der Waals surface area contributed by atoms with E-state index in [2.05, 4.69) is 15.9 Å². The van der Waals surface area contributed by atoms with E-state index < -0.39 is 10.9 Å². The van der Waals surface area contributed by atoms with E-state index in [0.29, 0.717) is 10.5 Å². The number of halogens is 1. The SMILES string of the molecule is O=C(Oc1ccc(/C=C2\SC(=O)N(Cc3ccc(Br)cc3)C2=O)cc1)c1cccc([N+](=O)[O-])c1. The van der Waals surface area contributed by atoms with Crippen molar-refractivity contribution < 1.29 is 24.0 Å². The molecule has 170 valence electrons. The molecular weight excluding hydrogens is 524 g/mol. The van der Waals surface area contributed by atoms with Crippen LogP contribution in [-0.4, -0.2) is 26.9 Å². The van der Waals surface area contributed by atoms with Crippen LogP contribution in [0.1, 0.15) is 21.5 Å². The number of imide groups is 1. The molecule has 10 heteroatoms. The molecule has 0 bridgehead atoms. The maximum atomic E-state index is 12.7. The summed E-state index contributed by atoms with van der Waals surface area (Å²) in [6, 6.07) is 19.0. The molecule has 4 rings (SSSR count). The van der Waals surface area contributed by atoms with Gasteiger partial charge in [-0.25, -0.2) is 4.79 Å². The Morgan fingerprint density at radius 3 is 2.44 bits per heavy atom. The van der Waals surface area contributed by atoms with Crippen molar-refractivity contribution >= 4 is 56.6 Å². The van der Waals surface area contributed by atoms with Crippen LogP contribution in [0.3, 0.4) is 0 Å². The van der Waals surface area contributed by atoms with Crippen LogP contribution in [0, 0.1) is 10.1 Å². The molecule has 3 aromatic rings. The van der Waals surface area contributed by atoms with E-state index >= 15 is 0 Å². The van der Waals surface area contributed by atoms with Gasteiger partial charge < -0.3 is 4.74 Å². The molecule has 0 N–H and O–H groups in total. The number of nitrogens with zero attached hydrogens (tertiary/aromatic N) is 2. The van der Waals surface area contributed by atoms with Crippen molar-refractivity contribution in [1.82, 2.24) is 4.90 Å². The van der Waals surface area contributed by atoms with Gasteiger partial charge in [0.2, 0.25) is 0 Å². The average Bonchev–Trinajstić information content (AvgIpc) is 3.09. The standard InChI is InChI=1S/C24H15BrN2O6S/c25-18-8-4-16(5-9-18)14-26-22(28)21(34-24(26)30)12-15-6-10-20(11-7-15)33-23(29)17-2-1-3-19(13-17)27(31)32/h1-13H,14H2/b21-12-. The number of thioether (sulfide) groups is 1. The summed E-state index contributed by atoms with van der Waals surface area (Å²) in [7, 11) is 0. The van der Waals surface area contributed by atoms with Crippen LogP contribution in [0.5, 0.6) is 5.75 Å². The molecule has 1 saturated heterocycles. The summed E-state index contributed by atoms with van der Waals surface area (Å²) < 4.78 is 6.18. The lowest BCUT2D eigenvalue weighted by Gasteiger charge is -2.12. The Morgan fingerprint density at radius 2 is 1.76 bits per heavy atom. The third kappa shape index (κ3) is 5.41. The first-order chi connectivity index (χ1) is 16.3. The van der Waals surface area contributed by atoms with Crippen molar-refractivity contribution in [3.05, 3.63) is 109 Å². The van der Waals surface area contributed by atoms with Crippen LogP contribution in [0.2, 0.25) is 0 Å². The predicted molar refractivity (Wildman–Crippen MR) is 130 cm³/mol. The van der Waals surface area contributed by atoms with Crippen molar-refractivity contribution in [2.75, 3.05) is 0 Å². The van der Waals surface area contributed by atoms with E-state index in [1.807, 2.05) is 24.3 Å². The highest BCUT2D eigenvalue weighted by Gasteiger charge is 2.34. The van der Waals surface area contributed by atoms with Crippen LogP contribution in [0.4, 0.5) is 10.5 Å². The van der Waals surface area contributed by atoms with Gasteiger partial charge in [0.05, 0.1) is 21.9 Å². The second-order valence-corrected chi connectivity index (χ2v) is 9.07. The third-order valence-corrected chi connectivity index (χ3v) is 6.24. The number of amides is 2. The van der Waals surface area contributed by atoms with Gasteiger partial charge in [0.1, 0.15) is 5.75 Å². The fourth-order valence-corrected chi connectivity index (χ4v) is 4.21. The summed E-state index contributed by atoms with van der Waals surface area (Å²) in [5, 5.41) is 10.5. The number of hydrogen-bond donors (Lipinski definition) is 0. The Balaban J connectivity index is 1.43. The molecule has 1 fully saturated rings. The van der Waals surface area contributed by atoms with E-state index in [4.69, 9.17) is 4.74 Å². The summed E-state index contributed by atoms with van der Waals surface area (Å²) in [4.78, 5) is 49.1. The Morgan fingerprint density at radius 1 is 1.06 bits per heavy atom. The smallest absolute Gasteiger partial charge is 0.343 e. The molecule has 0 aromatic heterocycles. The summed E-state index contributed by atoms with van der Waals surface area (Å²) >= 11 is 4.22. The first kappa shape index (κ1) is 23.4. The first-order valence-electron chi connectivity index (χ1n) is 9.87. The molecule has 0 aliphatic carbocycles. The van der Waals surface area contributed by atoms with Crippen molar-refractivity contribution in [1.29, 1.82) is 0 Å². The minimum absolute atomic E-state index is 0.0534. The Kier molecular flexibility index (Phi) is 6.90. The molecule has 0 radical (unpaired) electrons. The van der Waals surface area contributed by atoms with E-state index in [-0.39, 0.29) is 34.7 Å². The largest absolute Gasteiger partial charge is 0.423 e. The van der Waals surface area contributed by atoms with Crippen molar-refractivity contribution in [3.8, 4) is 5.75 Å². The fraction of sp³-hybridized carbons (Fsp3) is 0.0417. The lowest BCUT2D eigenvalue weighted by Crippen LogP contribution is -2.27. The number of benzene rings is 3. The number of rotatable bonds is 6. The zero-order valence-corrected chi connectivity index (χ0v) is 19.7. The van der Waals surface area contributed by atoms with Gasteiger partial charge in [-0.2, -0.15) is 0 Å². The van der Waals surface area contributed by atoms with Crippen LogP contribution in [-0.2, 0) is 11.3 Å². The van der Waals surface area contributed by atoms with Gasteiger partial charge in [-0.15, -0.1) is 0 Å². The van der Waals surface area contributed by atoms with Crippen LogP contribution >= 0.6 is 27.7 Å². The second kappa shape index (κ2) is 10.0. The minimum Gasteiger partial charge on any atom is -0.423 e. The van der Waals surface area contributed by atoms with Gasteiger partial charge in [0.25, 0.3) is 16.8 Å². The monoisotopic (exact) mass is 538 g/mol. The molecule has 2 amide bonds. The van der Waals surface area contributed by atoms with Gasteiger partial charge in [0, 0.05) is 16.6 Å². The molecule has 0 saturated carbocycles. The molecule has 0 unspecified atom stereocenters. The highest BCUT2D eigenvalue weighted by molar-refractivity contribution is 9.10. The number of nitro groups is 1. The molecule has 1 aliphatic rings. The molecule has 0 spiro atoms. The van der Waals surface area contributed by atoms with Crippen LogP contribution < -0.4 is 4.74 Å². The predicted octanol–water partition coefficient (Wildman–Crippen LogP) is 5.81. The van der Waals surface area contributed by atoms with Gasteiger partial charge >= 0.3 is 5.97 Å². The molecule has 8 nitrogen and oxygen atoms in total. The Hall–Kier alpha value is -3.76. The molecule has 3 aromatic carbocycles. The third-order valence-electron chi connectivity index (χ3n) is 4.81. The van der Waals surface area contributed by atoms with E-state index in [1.165, 1.54) is 35.2 Å². The summed E-state index contributed by atoms with van der Waals surface area (Å²) in [5.74, 6) is -0.874. The quantitative estimate of drug-likeness (QED) is 0.128. The highest BCUT2D eigenvalue weighted by atomic mass is 79.9. The lowest BCUT2D eigenvalue weighted by molar-refractivity contribution is -0.384. The number of non-ortho nitro benzene ring substituents is 1. The molecule has 0 atom stereocenters. The Bertz CT molecular complexity index is 1320. The number of nitro benzene ring substituents is 1. The normalized spacial score (nSPS) is 14.5. The molecule has 1 aliphatic heterocycles. The zero-order valence-electron chi connectivity index (χ0n) is 17.3. The van der Waals surface area contributed by atoms with Crippen LogP contribution in [0.15, 0.2) is 82.2 Å².